The van der Waals surface area contributed by atoms with Gasteiger partial charge in [0.1, 0.15) is 4.99 Å². The van der Waals surface area contributed by atoms with Gasteiger partial charge in [-0.25, -0.2) is 0 Å². The van der Waals surface area contributed by atoms with Crippen LogP contribution in [0.25, 0.3) is 0 Å². The van der Waals surface area contributed by atoms with Crippen molar-refractivity contribution < 1.29 is 14.2 Å². The van der Waals surface area contributed by atoms with E-state index in [9.17, 15) is 0 Å². The lowest BCUT2D eigenvalue weighted by atomic mass is 10.1. The van der Waals surface area contributed by atoms with Gasteiger partial charge in [0.15, 0.2) is 11.5 Å². The van der Waals surface area contributed by atoms with E-state index in [4.69, 9.17) is 26.4 Å². The smallest absolute Gasteiger partial charge is 0.161 e. The highest BCUT2D eigenvalue weighted by Gasteiger charge is 2.17. The van der Waals surface area contributed by atoms with Crippen LogP contribution < -0.4 is 9.47 Å². The standard InChI is InChI=1S/C17H25NO3S/c1-4-20-16-11-14(5-6-15(16)21-12-13(2)3)17(22)18-7-9-19-10-8-18/h5-6,11,13H,4,7-10,12H2,1-3H3. The van der Waals surface area contributed by atoms with Gasteiger partial charge in [-0.3, -0.25) is 0 Å². The Balaban J connectivity index is 2.14. The molecule has 0 bridgehead atoms. The lowest BCUT2D eigenvalue weighted by Gasteiger charge is -2.29. The first kappa shape index (κ1) is 17.0. The van der Waals surface area contributed by atoms with Crippen LogP contribution in [-0.4, -0.2) is 49.4 Å². The molecule has 0 saturated carbocycles. The van der Waals surface area contributed by atoms with Crippen LogP contribution in [0, 0.1) is 5.92 Å². The number of hydrogen-bond acceptors (Lipinski definition) is 4. The van der Waals surface area contributed by atoms with E-state index in [1.807, 2.05) is 25.1 Å². The number of nitrogens with zero attached hydrogens (tertiary/aromatic N) is 1. The summed E-state index contributed by atoms with van der Waals surface area (Å²) in [6.45, 7) is 10.6. The molecule has 0 spiro atoms. The topological polar surface area (TPSA) is 30.9 Å². The zero-order valence-corrected chi connectivity index (χ0v) is 14.4. The maximum Gasteiger partial charge on any atom is 0.161 e. The maximum atomic E-state index is 5.83. The number of hydrogen-bond donors (Lipinski definition) is 0. The molecule has 22 heavy (non-hydrogen) atoms. The SMILES string of the molecule is CCOc1cc(C(=S)N2CCOCC2)ccc1OCC(C)C. The third-order valence-corrected chi connectivity index (χ3v) is 3.85. The highest BCUT2D eigenvalue weighted by atomic mass is 32.1. The van der Waals surface area contributed by atoms with Crippen molar-refractivity contribution in [3.05, 3.63) is 23.8 Å². The Morgan fingerprint density at radius 3 is 2.59 bits per heavy atom. The molecule has 1 heterocycles. The summed E-state index contributed by atoms with van der Waals surface area (Å²) in [6, 6.07) is 5.95. The molecule has 0 radical (unpaired) electrons. The average Bonchev–Trinajstić information content (AvgIpc) is 2.54. The zero-order valence-electron chi connectivity index (χ0n) is 13.6. The van der Waals surface area contributed by atoms with Crippen LogP contribution in [0.5, 0.6) is 11.5 Å². The van der Waals surface area contributed by atoms with Crippen molar-refractivity contribution in [2.45, 2.75) is 20.8 Å². The van der Waals surface area contributed by atoms with Crippen molar-refractivity contribution in [2.24, 2.45) is 5.92 Å². The second-order valence-electron chi connectivity index (χ2n) is 5.70. The van der Waals surface area contributed by atoms with Gasteiger partial charge < -0.3 is 19.1 Å². The summed E-state index contributed by atoms with van der Waals surface area (Å²) in [5, 5.41) is 0. The van der Waals surface area contributed by atoms with Gasteiger partial charge >= 0.3 is 0 Å². The predicted octanol–water partition coefficient (Wildman–Crippen LogP) is 3.13. The van der Waals surface area contributed by atoms with Gasteiger partial charge in [0.25, 0.3) is 0 Å². The first-order valence-electron chi connectivity index (χ1n) is 7.88. The molecular formula is C17H25NO3S. The molecule has 5 heteroatoms. The van der Waals surface area contributed by atoms with Crippen molar-refractivity contribution in [1.82, 2.24) is 4.90 Å². The Bertz CT molecular complexity index is 499. The molecule has 1 aliphatic rings. The summed E-state index contributed by atoms with van der Waals surface area (Å²) in [5.41, 5.74) is 0.997. The van der Waals surface area contributed by atoms with Crippen molar-refractivity contribution in [1.29, 1.82) is 0 Å². The fourth-order valence-corrected chi connectivity index (χ4v) is 2.54. The molecule has 1 fully saturated rings. The van der Waals surface area contributed by atoms with Gasteiger partial charge in [-0.05, 0) is 31.0 Å². The van der Waals surface area contributed by atoms with Crippen LogP contribution in [0.1, 0.15) is 26.3 Å². The molecule has 0 N–H and O–H groups in total. The quantitative estimate of drug-likeness (QED) is 0.751. The first-order chi connectivity index (χ1) is 10.6. The number of benzene rings is 1. The molecule has 1 saturated heterocycles. The summed E-state index contributed by atoms with van der Waals surface area (Å²) in [7, 11) is 0. The van der Waals surface area contributed by atoms with Crippen molar-refractivity contribution in [3.63, 3.8) is 0 Å². The monoisotopic (exact) mass is 323 g/mol. The largest absolute Gasteiger partial charge is 0.490 e. The van der Waals surface area contributed by atoms with Crippen LogP contribution in [0.3, 0.4) is 0 Å². The van der Waals surface area contributed by atoms with Gasteiger partial charge in [-0.15, -0.1) is 0 Å². The summed E-state index contributed by atoms with van der Waals surface area (Å²) in [6.07, 6.45) is 0. The van der Waals surface area contributed by atoms with E-state index in [1.54, 1.807) is 0 Å². The molecule has 0 amide bonds. The minimum atomic E-state index is 0.476. The Hall–Kier alpha value is -1.33. The highest BCUT2D eigenvalue weighted by molar-refractivity contribution is 7.80. The van der Waals surface area contributed by atoms with E-state index >= 15 is 0 Å². The second kappa shape index (κ2) is 8.34. The molecule has 4 nitrogen and oxygen atoms in total. The third-order valence-electron chi connectivity index (χ3n) is 3.36. The second-order valence-corrected chi connectivity index (χ2v) is 6.09. The fraction of sp³-hybridized carbons (Fsp3) is 0.588. The Labute approximate surface area is 138 Å². The van der Waals surface area contributed by atoms with Crippen molar-refractivity contribution in [2.75, 3.05) is 39.5 Å². The molecule has 0 atom stereocenters. The molecule has 1 aromatic carbocycles. The van der Waals surface area contributed by atoms with Crippen LogP contribution in [0.4, 0.5) is 0 Å². The molecular weight excluding hydrogens is 298 g/mol. The van der Waals surface area contributed by atoms with E-state index < -0.39 is 0 Å². The predicted molar refractivity (Wildman–Crippen MR) is 92.0 cm³/mol. The zero-order chi connectivity index (χ0) is 15.9. The lowest BCUT2D eigenvalue weighted by molar-refractivity contribution is 0.0693. The Morgan fingerprint density at radius 2 is 1.95 bits per heavy atom. The van der Waals surface area contributed by atoms with E-state index in [2.05, 4.69) is 18.7 Å². The van der Waals surface area contributed by atoms with Crippen molar-refractivity contribution >= 4 is 17.2 Å². The van der Waals surface area contributed by atoms with Gasteiger partial charge in [0, 0.05) is 18.7 Å². The van der Waals surface area contributed by atoms with Crippen LogP contribution in [0.15, 0.2) is 18.2 Å². The molecule has 0 aromatic heterocycles. The van der Waals surface area contributed by atoms with Crippen LogP contribution in [0.2, 0.25) is 0 Å². The van der Waals surface area contributed by atoms with E-state index in [1.165, 1.54) is 0 Å². The molecule has 2 rings (SSSR count). The molecule has 0 aliphatic carbocycles. The van der Waals surface area contributed by atoms with Gasteiger partial charge in [-0.1, -0.05) is 26.1 Å². The van der Waals surface area contributed by atoms with Crippen LogP contribution in [-0.2, 0) is 4.74 Å². The molecule has 122 valence electrons. The average molecular weight is 323 g/mol. The highest BCUT2D eigenvalue weighted by Crippen LogP contribution is 2.29. The molecule has 1 aromatic rings. The number of ether oxygens (including phenoxy) is 3. The molecule has 1 aliphatic heterocycles. The lowest BCUT2D eigenvalue weighted by Crippen LogP contribution is -2.40. The van der Waals surface area contributed by atoms with Crippen molar-refractivity contribution in [3.8, 4) is 11.5 Å². The minimum absolute atomic E-state index is 0.476. The third kappa shape index (κ3) is 4.58. The Morgan fingerprint density at radius 1 is 1.23 bits per heavy atom. The Kier molecular flexibility index (Phi) is 6.46. The van der Waals surface area contributed by atoms with E-state index in [0.29, 0.717) is 19.1 Å². The minimum Gasteiger partial charge on any atom is -0.490 e. The fourth-order valence-electron chi connectivity index (χ4n) is 2.23. The van der Waals surface area contributed by atoms with E-state index in [-0.39, 0.29) is 0 Å². The van der Waals surface area contributed by atoms with Gasteiger partial charge in [0.05, 0.1) is 26.4 Å². The summed E-state index contributed by atoms with van der Waals surface area (Å²) >= 11 is 5.61. The number of morpholine rings is 1. The van der Waals surface area contributed by atoms with Gasteiger partial charge in [0.2, 0.25) is 0 Å². The normalized spacial score (nSPS) is 15.0. The van der Waals surface area contributed by atoms with E-state index in [0.717, 1.165) is 48.4 Å². The number of rotatable bonds is 6. The summed E-state index contributed by atoms with van der Waals surface area (Å²) in [5.74, 6) is 2.02. The maximum absolute atomic E-state index is 5.83. The summed E-state index contributed by atoms with van der Waals surface area (Å²) in [4.78, 5) is 3.03. The first-order valence-corrected chi connectivity index (χ1v) is 8.29. The number of thiocarbonyl (C=S) groups is 1. The summed E-state index contributed by atoms with van der Waals surface area (Å²) < 4.78 is 16.9. The van der Waals surface area contributed by atoms with Crippen LogP contribution >= 0.6 is 12.2 Å². The van der Waals surface area contributed by atoms with Gasteiger partial charge in [-0.2, -0.15) is 0 Å². The molecule has 0 unspecified atom stereocenters.